The summed E-state index contributed by atoms with van der Waals surface area (Å²) >= 11 is 0. The summed E-state index contributed by atoms with van der Waals surface area (Å²) in [5.74, 6) is 0. The molecule has 0 aliphatic carbocycles. The minimum Gasteiger partial charge on any atom is -0.364 e. The highest BCUT2D eigenvalue weighted by molar-refractivity contribution is 4.98. The SMILES string of the molecule is CN(C)CCCNCc1cnoc1. The van der Waals surface area contributed by atoms with Crippen LogP contribution in [0.2, 0.25) is 0 Å². The van der Waals surface area contributed by atoms with Gasteiger partial charge in [0, 0.05) is 12.1 Å². The van der Waals surface area contributed by atoms with Crippen LogP contribution in [0, 0.1) is 0 Å². The minimum atomic E-state index is 0.844. The van der Waals surface area contributed by atoms with Gasteiger partial charge in [-0.1, -0.05) is 5.16 Å². The van der Waals surface area contributed by atoms with Crippen molar-refractivity contribution in [3.8, 4) is 0 Å². The first-order valence-corrected chi connectivity index (χ1v) is 4.53. The molecule has 0 aliphatic heterocycles. The van der Waals surface area contributed by atoms with Gasteiger partial charge in [-0.05, 0) is 33.6 Å². The number of aromatic nitrogens is 1. The molecule has 0 fully saturated rings. The van der Waals surface area contributed by atoms with Crippen molar-refractivity contribution >= 4 is 0 Å². The lowest BCUT2D eigenvalue weighted by Crippen LogP contribution is -2.20. The van der Waals surface area contributed by atoms with Crippen molar-refractivity contribution in [2.45, 2.75) is 13.0 Å². The normalized spacial score (nSPS) is 11.0. The minimum absolute atomic E-state index is 0.844. The highest BCUT2D eigenvalue weighted by Crippen LogP contribution is 1.94. The van der Waals surface area contributed by atoms with Gasteiger partial charge >= 0.3 is 0 Å². The van der Waals surface area contributed by atoms with E-state index in [0.717, 1.165) is 31.6 Å². The molecule has 0 saturated heterocycles. The fourth-order valence-corrected chi connectivity index (χ4v) is 1.07. The molecule has 1 heterocycles. The fraction of sp³-hybridized carbons (Fsp3) is 0.667. The largest absolute Gasteiger partial charge is 0.364 e. The van der Waals surface area contributed by atoms with Gasteiger partial charge < -0.3 is 14.7 Å². The van der Waals surface area contributed by atoms with Crippen molar-refractivity contribution < 1.29 is 4.52 Å². The molecule has 0 spiro atoms. The summed E-state index contributed by atoms with van der Waals surface area (Å²) in [4.78, 5) is 2.18. The zero-order valence-electron chi connectivity index (χ0n) is 8.29. The first-order valence-electron chi connectivity index (χ1n) is 4.53. The van der Waals surface area contributed by atoms with Gasteiger partial charge in [0.25, 0.3) is 0 Å². The third-order valence-electron chi connectivity index (χ3n) is 1.77. The maximum atomic E-state index is 4.71. The predicted molar refractivity (Wildman–Crippen MR) is 51.4 cm³/mol. The Morgan fingerprint density at radius 2 is 2.38 bits per heavy atom. The van der Waals surface area contributed by atoms with Crippen molar-refractivity contribution in [3.05, 3.63) is 18.0 Å². The van der Waals surface area contributed by atoms with Crippen LogP contribution in [0.15, 0.2) is 17.0 Å². The van der Waals surface area contributed by atoms with Crippen LogP contribution in [0.1, 0.15) is 12.0 Å². The molecule has 13 heavy (non-hydrogen) atoms. The zero-order valence-corrected chi connectivity index (χ0v) is 8.29. The third kappa shape index (κ3) is 4.65. The summed E-state index contributed by atoms with van der Waals surface area (Å²) in [6.45, 7) is 3.00. The summed E-state index contributed by atoms with van der Waals surface area (Å²) in [5, 5.41) is 6.94. The molecule has 0 aliphatic rings. The molecular weight excluding hydrogens is 166 g/mol. The highest BCUT2D eigenvalue weighted by Gasteiger charge is 1.94. The van der Waals surface area contributed by atoms with Crippen LogP contribution < -0.4 is 5.32 Å². The molecule has 0 bridgehead atoms. The number of nitrogens with one attached hydrogen (secondary N) is 1. The topological polar surface area (TPSA) is 41.3 Å². The fourth-order valence-electron chi connectivity index (χ4n) is 1.07. The highest BCUT2D eigenvalue weighted by atomic mass is 16.5. The van der Waals surface area contributed by atoms with E-state index < -0.39 is 0 Å². The van der Waals surface area contributed by atoms with E-state index >= 15 is 0 Å². The van der Waals surface area contributed by atoms with Gasteiger partial charge in [0.15, 0.2) is 0 Å². The van der Waals surface area contributed by atoms with Crippen molar-refractivity contribution in [2.75, 3.05) is 27.2 Å². The maximum absolute atomic E-state index is 4.71. The summed E-state index contributed by atoms with van der Waals surface area (Å²) in [6.07, 6.45) is 4.57. The van der Waals surface area contributed by atoms with Crippen molar-refractivity contribution in [1.29, 1.82) is 0 Å². The van der Waals surface area contributed by atoms with Gasteiger partial charge in [-0.3, -0.25) is 0 Å². The maximum Gasteiger partial charge on any atom is 0.128 e. The van der Waals surface area contributed by atoms with Crippen LogP contribution in [-0.4, -0.2) is 37.2 Å². The first-order chi connectivity index (χ1) is 6.29. The van der Waals surface area contributed by atoms with Crippen LogP contribution in [0.5, 0.6) is 0 Å². The zero-order chi connectivity index (χ0) is 9.52. The summed E-state index contributed by atoms with van der Waals surface area (Å²) in [7, 11) is 4.17. The third-order valence-corrected chi connectivity index (χ3v) is 1.77. The van der Waals surface area contributed by atoms with E-state index in [9.17, 15) is 0 Å². The molecule has 1 N–H and O–H groups in total. The van der Waals surface area contributed by atoms with E-state index in [4.69, 9.17) is 4.52 Å². The second-order valence-electron chi connectivity index (χ2n) is 3.37. The summed E-state index contributed by atoms with van der Waals surface area (Å²) in [6, 6.07) is 0. The predicted octanol–water partition coefficient (Wildman–Crippen LogP) is 0.716. The van der Waals surface area contributed by atoms with Gasteiger partial charge in [-0.25, -0.2) is 0 Å². The van der Waals surface area contributed by atoms with E-state index in [0.29, 0.717) is 0 Å². The van der Waals surface area contributed by atoms with E-state index in [-0.39, 0.29) is 0 Å². The Balaban J connectivity index is 1.96. The molecule has 1 aromatic rings. The lowest BCUT2D eigenvalue weighted by molar-refractivity contribution is 0.394. The van der Waals surface area contributed by atoms with Gasteiger partial charge in [0.2, 0.25) is 0 Å². The van der Waals surface area contributed by atoms with Crippen LogP contribution >= 0.6 is 0 Å². The molecule has 0 amide bonds. The molecule has 0 atom stereocenters. The Bertz CT molecular complexity index is 209. The molecule has 4 heteroatoms. The van der Waals surface area contributed by atoms with E-state index in [1.54, 1.807) is 12.5 Å². The Morgan fingerprint density at radius 1 is 1.54 bits per heavy atom. The quantitative estimate of drug-likeness (QED) is 0.660. The number of hydrogen-bond donors (Lipinski definition) is 1. The molecule has 0 radical (unpaired) electrons. The van der Waals surface area contributed by atoms with E-state index in [1.807, 2.05) is 0 Å². The second kappa shape index (κ2) is 5.72. The monoisotopic (exact) mass is 183 g/mol. The Labute approximate surface area is 78.9 Å². The van der Waals surface area contributed by atoms with Crippen molar-refractivity contribution in [1.82, 2.24) is 15.4 Å². The lowest BCUT2D eigenvalue weighted by atomic mass is 10.3. The van der Waals surface area contributed by atoms with Crippen LogP contribution in [0.25, 0.3) is 0 Å². The lowest BCUT2D eigenvalue weighted by Gasteiger charge is -2.08. The van der Waals surface area contributed by atoms with E-state index in [1.165, 1.54) is 0 Å². The Hall–Kier alpha value is -0.870. The molecule has 0 saturated carbocycles. The molecular formula is C9H17N3O. The van der Waals surface area contributed by atoms with Gasteiger partial charge in [0.05, 0.1) is 6.20 Å². The molecule has 1 aromatic heterocycles. The number of rotatable bonds is 6. The number of nitrogens with zero attached hydrogens (tertiary/aromatic N) is 2. The molecule has 0 unspecified atom stereocenters. The average Bonchev–Trinajstić information content (AvgIpc) is 2.55. The first kappa shape index (κ1) is 10.2. The van der Waals surface area contributed by atoms with Crippen LogP contribution in [0.4, 0.5) is 0 Å². The van der Waals surface area contributed by atoms with E-state index in [2.05, 4.69) is 29.5 Å². The molecule has 0 aromatic carbocycles. The van der Waals surface area contributed by atoms with Crippen molar-refractivity contribution in [2.24, 2.45) is 0 Å². The van der Waals surface area contributed by atoms with Gasteiger partial charge in [-0.15, -0.1) is 0 Å². The van der Waals surface area contributed by atoms with Gasteiger partial charge in [0.1, 0.15) is 6.26 Å². The molecule has 1 rings (SSSR count). The summed E-state index contributed by atoms with van der Waals surface area (Å²) < 4.78 is 4.71. The summed E-state index contributed by atoms with van der Waals surface area (Å²) in [5.41, 5.74) is 1.10. The Morgan fingerprint density at radius 3 is 3.00 bits per heavy atom. The van der Waals surface area contributed by atoms with Crippen LogP contribution in [-0.2, 0) is 6.54 Å². The Kier molecular flexibility index (Phi) is 4.49. The molecule has 4 nitrogen and oxygen atoms in total. The standard InChI is InChI=1S/C9H17N3O/c1-12(2)5-3-4-10-6-9-7-11-13-8-9/h7-8,10H,3-6H2,1-2H3. The van der Waals surface area contributed by atoms with Gasteiger partial charge in [-0.2, -0.15) is 0 Å². The smallest absolute Gasteiger partial charge is 0.128 e. The number of hydrogen-bond acceptors (Lipinski definition) is 4. The van der Waals surface area contributed by atoms with Crippen molar-refractivity contribution in [3.63, 3.8) is 0 Å². The van der Waals surface area contributed by atoms with Crippen LogP contribution in [0.3, 0.4) is 0 Å². The second-order valence-corrected chi connectivity index (χ2v) is 3.37. The molecule has 74 valence electrons. The average molecular weight is 183 g/mol.